The number of carboxylic acids is 1. The first-order valence-corrected chi connectivity index (χ1v) is 5.72. The Bertz CT molecular complexity index is 386. The first-order valence-electron chi connectivity index (χ1n) is 5.72. The number of rotatable bonds is 2. The fourth-order valence-corrected chi connectivity index (χ4v) is 2.24. The van der Waals surface area contributed by atoms with Crippen molar-refractivity contribution in [3.8, 4) is 0 Å². The Morgan fingerprint density at radius 2 is 2.17 bits per heavy atom. The quantitative estimate of drug-likeness (QED) is 0.461. The van der Waals surface area contributed by atoms with Crippen LogP contribution in [0, 0.1) is 0 Å². The van der Waals surface area contributed by atoms with E-state index in [0.717, 1.165) is 4.90 Å². The number of aliphatic carboxylic acids is 1. The van der Waals surface area contributed by atoms with E-state index in [2.05, 4.69) is 10.6 Å². The predicted octanol–water partition coefficient (Wildman–Crippen LogP) is -1.90. The van der Waals surface area contributed by atoms with Crippen LogP contribution in [0.3, 0.4) is 0 Å². The van der Waals surface area contributed by atoms with Crippen LogP contribution in [-0.2, 0) is 9.59 Å². The Morgan fingerprint density at radius 1 is 1.44 bits per heavy atom. The molecular weight excluding hydrogens is 242 g/mol. The van der Waals surface area contributed by atoms with Gasteiger partial charge in [-0.1, -0.05) is 0 Å². The van der Waals surface area contributed by atoms with Gasteiger partial charge in [0, 0.05) is 25.9 Å². The number of nitrogens with one attached hydrogen (secondary N) is 2. The summed E-state index contributed by atoms with van der Waals surface area (Å²) in [7, 11) is 0. The molecular formula is C10H15N3O5. The van der Waals surface area contributed by atoms with E-state index in [-0.39, 0.29) is 31.3 Å². The number of hydrogen-bond acceptors (Lipinski definition) is 4. The molecule has 2 fully saturated rings. The smallest absolute Gasteiger partial charge is 0.326 e. The minimum atomic E-state index is -1.14. The monoisotopic (exact) mass is 257 g/mol. The molecule has 100 valence electrons. The van der Waals surface area contributed by atoms with E-state index in [1.165, 1.54) is 0 Å². The van der Waals surface area contributed by atoms with Gasteiger partial charge in [0.2, 0.25) is 5.91 Å². The maximum atomic E-state index is 11.9. The highest BCUT2D eigenvalue weighted by atomic mass is 16.4. The summed E-state index contributed by atoms with van der Waals surface area (Å²) in [6, 6.07) is -1.89. The Balaban J connectivity index is 1.95. The number of carboxylic acid groups (broad SMARTS) is 1. The van der Waals surface area contributed by atoms with Gasteiger partial charge in [0.15, 0.2) is 0 Å². The molecule has 0 aromatic heterocycles. The molecule has 3 unspecified atom stereocenters. The van der Waals surface area contributed by atoms with Gasteiger partial charge in [0.05, 0.1) is 12.1 Å². The van der Waals surface area contributed by atoms with Gasteiger partial charge in [-0.25, -0.2) is 9.59 Å². The second-order valence-corrected chi connectivity index (χ2v) is 4.55. The third kappa shape index (κ3) is 2.53. The summed E-state index contributed by atoms with van der Waals surface area (Å²) < 4.78 is 0. The lowest BCUT2D eigenvalue weighted by Crippen LogP contribution is -2.49. The minimum absolute atomic E-state index is 0.00308. The number of carbonyl (C=O) groups is 3. The van der Waals surface area contributed by atoms with Gasteiger partial charge in [-0.3, -0.25) is 4.79 Å². The van der Waals surface area contributed by atoms with Crippen molar-refractivity contribution in [3.05, 3.63) is 0 Å². The molecule has 8 nitrogen and oxygen atoms in total. The third-order valence-electron chi connectivity index (χ3n) is 3.13. The molecule has 18 heavy (non-hydrogen) atoms. The van der Waals surface area contributed by atoms with Crippen molar-refractivity contribution < 1.29 is 24.6 Å². The SMILES string of the molecule is O=C1CC(NC(=O)N2CC(O)CC2C(=O)O)CN1. The zero-order valence-electron chi connectivity index (χ0n) is 9.63. The fraction of sp³-hybridized carbons (Fsp3) is 0.700. The van der Waals surface area contributed by atoms with Gasteiger partial charge in [-0.2, -0.15) is 0 Å². The summed E-state index contributed by atoms with van der Waals surface area (Å²) in [5, 5.41) is 23.5. The van der Waals surface area contributed by atoms with E-state index in [9.17, 15) is 19.5 Å². The minimum Gasteiger partial charge on any atom is -0.480 e. The molecule has 4 N–H and O–H groups in total. The first kappa shape index (κ1) is 12.6. The highest BCUT2D eigenvalue weighted by Crippen LogP contribution is 2.18. The van der Waals surface area contributed by atoms with Crippen LogP contribution in [0.2, 0.25) is 0 Å². The number of carbonyl (C=O) groups excluding carboxylic acids is 2. The van der Waals surface area contributed by atoms with Crippen LogP contribution in [0.15, 0.2) is 0 Å². The van der Waals surface area contributed by atoms with Crippen LogP contribution in [0.25, 0.3) is 0 Å². The van der Waals surface area contributed by atoms with Crippen LogP contribution >= 0.6 is 0 Å². The Hall–Kier alpha value is -1.83. The van der Waals surface area contributed by atoms with Crippen molar-refractivity contribution in [1.29, 1.82) is 0 Å². The van der Waals surface area contributed by atoms with Crippen LogP contribution < -0.4 is 10.6 Å². The predicted molar refractivity (Wildman–Crippen MR) is 58.7 cm³/mol. The van der Waals surface area contributed by atoms with E-state index in [1.807, 2.05) is 0 Å². The zero-order valence-corrected chi connectivity index (χ0v) is 9.63. The van der Waals surface area contributed by atoms with Crippen LogP contribution in [-0.4, -0.2) is 64.3 Å². The van der Waals surface area contributed by atoms with Gasteiger partial charge in [-0.15, -0.1) is 0 Å². The van der Waals surface area contributed by atoms with Gasteiger partial charge in [0.1, 0.15) is 6.04 Å². The number of nitrogens with zero attached hydrogens (tertiary/aromatic N) is 1. The summed E-state index contributed by atoms with van der Waals surface area (Å²) in [5.74, 6) is -1.28. The molecule has 2 aliphatic heterocycles. The number of β-amino-alcohol motifs (C(OH)–C–C–N with tert-alkyl or cyclic N) is 1. The molecule has 0 aliphatic carbocycles. The lowest BCUT2D eigenvalue weighted by atomic mass is 10.2. The molecule has 0 radical (unpaired) electrons. The number of hydrogen-bond donors (Lipinski definition) is 4. The van der Waals surface area contributed by atoms with Gasteiger partial charge in [0.25, 0.3) is 0 Å². The van der Waals surface area contributed by atoms with E-state index >= 15 is 0 Å². The number of amides is 3. The Morgan fingerprint density at radius 3 is 2.72 bits per heavy atom. The average Bonchev–Trinajstić information content (AvgIpc) is 2.85. The third-order valence-corrected chi connectivity index (χ3v) is 3.13. The van der Waals surface area contributed by atoms with Crippen molar-refractivity contribution in [2.24, 2.45) is 0 Å². The standard InChI is InChI=1S/C10H15N3O5/c14-6-2-7(9(16)17)13(4-6)10(18)12-5-1-8(15)11-3-5/h5-7,14H,1-4H2,(H,11,15)(H,12,18)(H,16,17). The summed E-state index contributed by atoms with van der Waals surface area (Å²) >= 11 is 0. The molecule has 0 spiro atoms. The van der Waals surface area contributed by atoms with Crippen molar-refractivity contribution in [3.63, 3.8) is 0 Å². The van der Waals surface area contributed by atoms with E-state index in [0.29, 0.717) is 6.54 Å². The maximum absolute atomic E-state index is 11.9. The molecule has 2 aliphatic rings. The maximum Gasteiger partial charge on any atom is 0.326 e. The number of aliphatic hydroxyl groups excluding tert-OH is 1. The lowest BCUT2D eigenvalue weighted by Gasteiger charge is -2.23. The van der Waals surface area contributed by atoms with Crippen molar-refractivity contribution >= 4 is 17.9 Å². The highest BCUT2D eigenvalue weighted by Gasteiger charge is 2.39. The molecule has 0 aromatic carbocycles. The molecule has 8 heteroatoms. The molecule has 0 aromatic rings. The summed E-state index contributed by atoms with van der Waals surface area (Å²) in [6.45, 7) is 0.343. The molecule has 3 amide bonds. The van der Waals surface area contributed by atoms with E-state index in [4.69, 9.17) is 5.11 Å². The van der Waals surface area contributed by atoms with Gasteiger partial charge in [-0.05, 0) is 0 Å². The molecule has 2 heterocycles. The van der Waals surface area contributed by atoms with E-state index in [1.54, 1.807) is 0 Å². The highest BCUT2D eigenvalue weighted by molar-refractivity contribution is 5.85. The van der Waals surface area contributed by atoms with Crippen LogP contribution in [0.1, 0.15) is 12.8 Å². The Labute approximate surface area is 103 Å². The number of urea groups is 1. The summed E-state index contributed by atoms with van der Waals surface area (Å²) in [4.78, 5) is 34.9. The summed E-state index contributed by atoms with van der Waals surface area (Å²) in [6.07, 6.45) is -0.593. The normalized spacial score (nSPS) is 31.3. The van der Waals surface area contributed by atoms with E-state index < -0.39 is 24.1 Å². The summed E-state index contributed by atoms with van der Waals surface area (Å²) in [5.41, 5.74) is 0. The topological polar surface area (TPSA) is 119 Å². The average molecular weight is 257 g/mol. The van der Waals surface area contributed by atoms with Gasteiger partial charge < -0.3 is 25.7 Å². The van der Waals surface area contributed by atoms with Crippen molar-refractivity contribution in [2.75, 3.05) is 13.1 Å². The second kappa shape index (κ2) is 4.81. The van der Waals surface area contributed by atoms with Gasteiger partial charge >= 0.3 is 12.0 Å². The molecule has 2 rings (SSSR count). The lowest BCUT2D eigenvalue weighted by molar-refractivity contribution is -0.141. The largest absolute Gasteiger partial charge is 0.480 e. The molecule has 0 saturated carbocycles. The van der Waals surface area contributed by atoms with Crippen LogP contribution in [0.5, 0.6) is 0 Å². The van der Waals surface area contributed by atoms with Crippen molar-refractivity contribution in [2.45, 2.75) is 31.0 Å². The molecule has 3 atom stereocenters. The zero-order chi connectivity index (χ0) is 13.3. The number of aliphatic hydroxyl groups is 1. The molecule has 0 bridgehead atoms. The fourth-order valence-electron chi connectivity index (χ4n) is 2.24. The Kier molecular flexibility index (Phi) is 3.37. The second-order valence-electron chi connectivity index (χ2n) is 4.55. The van der Waals surface area contributed by atoms with Crippen molar-refractivity contribution in [1.82, 2.24) is 15.5 Å². The molecule has 2 saturated heterocycles. The number of likely N-dealkylation sites (tertiary alicyclic amines) is 1. The van der Waals surface area contributed by atoms with Crippen LogP contribution in [0.4, 0.5) is 4.79 Å². The first-order chi connectivity index (χ1) is 8.47.